The van der Waals surface area contributed by atoms with E-state index in [1.54, 1.807) is 25.2 Å². The van der Waals surface area contributed by atoms with E-state index >= 15 is 0 Å². The molecule has 0 atom stereocenters. The molecule has 1 aromatic heterocycles. The molecule has 16 heavy (non-hydrogen) atoms. The molecule has 1 amide bonds. The van der Waals surface area contributed by atoms with Crippen molar-refractivity contribution in [1.82, 2.24) is 5.01 Å². The Morgan fingerprint density at radius 3 is 3.00 bits per heavy atom. The van der Waals surface area contributed by atoms with Crippen molar-refractivity contribution in [2.24, 2.45) is 10.3 Å². The predicted molar refractivity (Wildman–Crippen MR) is 62.9 cm³/mol. The molecule has 0 saturated heterocycles. The van der Waals surface area contributed by atoms with Crippen molar-refractivity contribution in [3.8, 4) is 0 Å². The number of amides is 1. The van der Waals surface area contributed by atoms with Gasteiger partial charge in [0, 0.05) is 14.1 Å². The number of nitrogens with one attached hydrogen (secondary N) is 1. The number of hydrogen-bond acceptors (Lipinski definition) is 5. The summed E-state index contributed by atoms with van der Waals surface area (Å²) in [6, 6.07) is 1.77. The highest BCUT2D eigenvalue weighted by Gasteiger charge is 2.07. The first-order valence-corrected chi connectivity index (χ1v) is 5.58. The van der Waals surface area contributed by atoms with Crippen molar-refractivity contribution < 1.29 is 9.90 Å². The van der Waals surface area contributed by atoms with Crippen molar-refractivity contribution in [1.29, 1.82) is 0 Å². The van der Waals surface area contributed by atoms with Gasteiger partial charge in [0.15, 0.2) is 0 Å². The van der Waals surface area contributed by atoms with Gasteiger partial charge in [0.2, 0.25) is 5.91 Å². The molecule has 1 rings (SSSR count). The number of rotatable bonds is 5. The number of thiophene rings is 1. The highest BCUT2D eigenvalue weighted by atomic mass is 32.1. The second-order valence-electron chi connectivity index (χ2n) is 3.19. The number of anilines is 1. The van der Waals surface area contributed by atoms with E-state index in [1.807, 2.05) is 5.38 Å². The van der Waals surface area contributed by atoms with Crippen LogP contribution in [0.5, 0.6) is 0 Å². The summed E-state index contributed by atoms with van der Waals surface area (Å²) < 4.78 is 0. The molecule has 7 heteroatoms. The number of carbonyl (C=O) groups excluding carboxylic acids is 1. The van der Waals surface area contributed by atoms with Gasteiger partial charge >= 0.3 is 0 Å². The summed E-state index contributed by atoms with van der Waals surface area (Å²) in [4.78, 5) is 11.3. The van der Waals surface area contributed by atoms with Crippen LogP contribution in [-0.4, -0.2) is 36.7 Å². The van der Waals surface area contributed by atoms with Gasteiger partial charge in [0.25, 0.3) is 0 Å². The fourth-order valence-electron chi connectivity index (χ4n) is 0.903. The van der Waals surface area contributed by atoms with Gasteiger partial charge in [-0.05, 0) is 11.4 Å². The number of hydrogen-bond donors (Lipinski definition) is 2. The third kappa shape index (κ3) is 3.95. The van der Waals surface area contributed by atoms with Gasteiger partial charge in [-0.25, -0.2) is 0 Å². The summed E-state index contributed by atoms with van der Waals surface area (Å²) in [6.07, 6.45) is 0.0855. The molecular weight excluding hydrogens is 228 g/mol. The molecule has 88 valence electrons. The molecule has 0 aliphatic rings. The van der Waals surface area contributed by atoms with Crippen molar-refractivity contribution in [2.45, 2.75) is 6.42 Å². The topological polar surface area (TPSA) is 77.3 Å². The first-order valence-electron chi connectivity index (χ1n) is 4.70. The SMILES string of the molecule is CN(C)N=Nc1ccsc1NC(=O)CCO. The molecule has 0 aromatic carbocycles. The van der Waals surface area contributed by atoms with Crippen molar-refractivity contribution in [3.63, 3.8) is 0 Å². The molecule has 1 aromatic rings. The van der Waals surface area contributed by atoms with E-state index in [1.165, 1.54) is 11.3 Å². The normalized spacial score (nSPS) is 10.7. The van der Waals surface area contributed by atoms with E-state index in [4.69, 9.17) is 5.11 Å². The van der Waals surface area contributed by atoms with Crippen LogP contribution in [0.25, 0.3) is 0 Å². The van der Waals surface area contributed by atoms with E-state index in [9.17, 15) is 4.79 Å². The molecule has 0 fully saturated rings. The van der Waals surface area contributed by atoms with E-state index in [-0.39, 0.29) is 18.9 Å². The van der Waals surface area contributed by atoms with Crippen LogP contribution in [0, 0.1) is 0 Å². The van der Waals surface area contributed by atoms with Crippen LogP contribution in [0.4, 0.5) is 10.7 Å². The van der Waals surface area contributed by atoms with E-state index < -0.39 is 0 Å². The van der Waals surface area contributed by atoms with Gasteiger partial charge in [-0.2, -0.15) is 0 Å². The number of aliphatic hydroxyl groups excluding tert-OH is 1. The first kappa shape index (κ1) is 12.6. The van der Waals surface area contributed by atoms with Crippen LogP contribution >= 0.6 is 11.3 Å². The highest BCUT2D eigenvalue weighted by Crippen LogP contribution is 2.31. The van der Waals surface area contributed by atoms with Crippen LogP contribution in [0.15, 0.2) is 21.8 Å². The number of nitrogens with zero attached hydrogens (tertiary/aromatic N) is 3. The Morgan fingerprint density at radius 1 is 1.62 bits per heavy atom. The van der Waals surface area contributed by atoms with Crippen molar-refractivity contribution >= 4 is 27.9 Å². The fourth-order valence-corrected chi connectivity index (χ4v) is 1.64. The zero-order valence-corrected chi connectivity index (χ0v) is 9.99. The van der Waals surface area contributed by atoms with Gasteiger partial charge in [0.1, 0.15) is 10.7 Å². The Morgan fingerprint density at radius 2 is 2.38 bits per heavy atom. The van der Waals surface area contributed by atoms with Gasteiger partial charge in [-0.1, -0.05) is 5.22 Å². The zero-order valence-electron chi connectivity index (χ0n) is 9.17. The molecule has 0 radical (unpaired) electrons. The van der Waals surface area contributed by atoms with Gasteiger partial charge in [-0.15, -0.1) is 16.5 Å². The van der Waals surface area contributed by atoms with Crippen LogP contribution in [0.3, 0.4) is 0 Å². The minimum Gasteiger partial charge on any atom is -0.396 e. The maximum absolute atomic E-state index is 11.3. The standard InChI is InChI=1S/C9H14N4O2S/c1-13(2)12-11-7-4-6-16-9(7)10-8(15)3-5-14/h4,6,14H,3,5H2,1-2H3,(H,10,15). The summed E-state index contributed by atoms with van der Waals surface area (Å²) in [6.45, 7) is -0.161. The number of carbonyl (C=O) groups is 1. The molecule has 1 heterocycles. The summed E-state index contributed by atoms with van der Waals surface area (Å²) in [7, 11) is 3.53. The second kappa shape index (κ2) is 6.19. The average molecular weight is 242 g/mol. The van der Waals surface area contributed by atoms with E-state index in [0.717, 1.165) is 0 Å². The third-order valence-electron chi connectivity index (χ3n) is 1.57. The summed E-state index contributed by atoms with van der Waals surface area (Å²) in [5, 5.41) is 23.1. The Kier molecular flexibility index (Phi) is 4.87. The molecule has 6 nitrogen and oxygen atoms in total. The van der Waals surface area contributed by atoms with E-state index in [0.29, 0.717) is 10.7 Å². The Labute approximate surface area is 97.6 Å². The third-order valence-corrected chi connectivity index (χ3v) is 2.39. The minimum atomic E-state index is -0.230. The quantitative estimate of drug-likeness (QED) is 0.608. The van der Waals surface area contributed by atoms with Gasteiger partial charge < -0.3 is 10.4 Å². The van der Waals surface area contributed by atoms with E-state index in [2.05, 4.69) is 15.7 Å². The van der Waals surface area contributed by atoms with Gasteiger partial charge in [-0.3, -0.25) is 9.80 Å². The molecular formula is C9H14N4O2S. The van der Waals surface area contributed by atoms with Crippen molar-refractivity contribution in [2.75, 3.05) is 26.0 Å². The molecule has 0 spiro atoms. The summed E-state index contributed by atoms with van der Waals surface area (Å²) >= 11 is 1.37. The van der Waals surface area contributed by atoms with Crippen LogP contribution < -0.4 is 5.32 Å². The molecule has 0 aliphatic heterocycles. The Hall–Kier alpha value is -1.47. The maximum atomic E-state index is 11.3. The molecule has 0 unspecified atom stereocenters. The zero-order chi connectivity index (χ0) is 12.0. The molecule has 0 bridgehead atoms. The van der Waals surface area contributed by atoms with Crippen LogP contribution in [0.1, 0.15) is 6.42 Å². The second-order valence-corrected chi connectivity index (χ2v) is 4.11. The largest absolute Gasteiger partial charge is 0.396 e. The Balaban J connectivity index is 2.67. The lowest BCUT2D eigenvalue weighted by Crippen LogP contribution is -2.11. The van der Waals surface area contributed by atoms with Gasteiger partial charge in [0.05, 0.1) is 13.0 Å². The first-order chi connectivity index (χ1) is 7.63. The molecule has 0 aliphatic carbocycles. The van der Waals surface area contributed by atoms with Crippen LogP contribution in [0.2, 0.25) is 0 Å². The predicted octanol–water partition coefficient (Wildman–Crippen LogP) is 1.63. The van der Waals surface area contributed by atoms with Crippen LogP contribution in [-0.2, 0) is 4.79 Å². The summed E-state index contributed by atoms with van der Waals surface area (Å²) in [5.74, 6) is -0.230. The number of aliphatic hydroxyl groups is 1. The molecule has 2 N–H and O–H groups in total. The smallest absolute Gasteiger partial charge is 0.227 e. The Bertz CT molecular complexity index is 375. The highest BCUT2D eigenvalue weighted by molar-refractivity contribution is 7.15. The maximum Gasteiger partial charge on any atom is 0.227 e. The average Bonchev–Trinajstić information content (AvgIpc) is 2.62. The lowest BCUT2D eigenvalue weighted by atomic mass is 10.4. The van der Waals surface area contributed by atoms with Crippen molar-refractivity contribution in [3.05, 3.63) is 11.4 Å². The molecule has 0 saturated carbocycles. The lowest BCUT2D eigenvalue weighted by molar-refractivity contribution is -0.116. The lowest BCUT2D eigenvalue weighted by Gasteiger charge is -2.03. The fraction of sp³-hybridized carbons (Fsp3) is 0.444. The monoisotopic (exact) mass is 242 g/mol. The summed E-state index contributed by atoms with van der Waals surface area (Å²) in [5.41, 5.74) is 0.616. The minimum absolute atomic E-state index is 0.0855.